The van der Waals surface area contributed by atoms with Gasteiger partial charge >= 0.3 is 0 Å². The van der Waals surface area contributed by atoms with Gasteiger partial charge in [0.1, 0.15) is 11.6 Å². The summed E-state index contributed by atoms with van der Waals surface area (Å²) in [6.07, 6.45) is 2.83. The second-order valence-corrected chi connectivity index (χ2v) is 6.27. The second kappa shape index (κ2) is 13.8. The van der Waals surface area contributed by atoms with E-state index in [1.807, 2.05) is 44.2 Å². The molecule has 7 nitrogen and oxygen atoms in total. The second-order valence-electron chi connectivity index (χ2n) is 6.27. The number of hydrogen-bond acceptors (Lipinski definition) is 4. The molecule has 8 heteroatoms. The Labute approximate surface area is 189 Å². The zero-order chi connectivity index (χ0) is 20.2. The number of ether oxygens (including phenoxy) is 1. The van der Waals surface area contributed by atoms with E-state index >= 15 is 0 Å². The molecule has 0 unspecified atom stereocenters. The number of guanidine groups is 1. The number of hydrogen-bond donors (Lipinski definition) is 3. The molecule has 1 aromatic carbocycles. The highest BCUT2D eigenvalue weighted by Gasteiger charge is 2.05. The Bertz CT molecular complexity index is 781. The summed E-state index contributed by atoms with van der Waals surface area (Å²) in [5.41, 5.74) is 2.19. The summed E-state index contributed by atoms with van der Waals surface area (Å²) in [5.74, 6) is 2.03. The number of anilines is 1. The fourth-order valence-corrected chi connectivity index (χ4v) is 2.58. The van der Waals surface area contributed by atoms with Crippen LogP contribution in [0.1, 0.15) is 24.5 Å². The number of amides is 1. The van der Waals surface area contributed by atoms with Gasteiger partial charge in [-0.1, -0.05) is 24.3 Å². The molecule has 0 spiro atoms. The normalized spacial score (nSPS) is 10.7. The van der Waals surface area contributed by atoms with Crippen LogP contribution >= 0.6 is 24.0 Å². The molecule has 1 heterocycles. The Morgan fingerprint density at radius 1 is 1.17 bits per heavy atom. The summed E-state index contributed by atoms with van der Waals surface area (Å²) in [7, 11) is 1.68. The average molecular weight is 511 g/mol. The van der Waals surface area contributed by atoms with E-state index in [9.17, 15) is 4.79 Å². The topological polar surface area (TPSA) is 87.6 Å². The maximum atomic E-state index is 12.0. The molecule has 2 rings (SSSR count). The molecule has 0 bridgehead atoms. The highest BCUT2D eigenvalue weighted by molar-refractivity contribution is 14.0. The number of rotatable bonds is 9. The molecule has 3 N–H and O–H groups in total. The highest BCUT2D eigenvalue weighted by atomic mass is 127. The minimum atomic E-state index is -0.107. The van der Waals surface area contributed by atoms with Crippen LogP contribution in [0.15, 0.2) is 47.6 Å². The van der Waals surface area contributed by atoms with Crippen molar-refractivity contribution in [1.29, 1.82) is 0 Å². The molecule has 0 aliphatic carbocycles. The van der Waals surface area contributed by atoms with Gasteiger partial charge in [-0.05, 0) is 43.5 Å². The fourth-order valence-electron chi connectivity index (χ4n) is 2.58. The van der Waals surface area contributed by atoms with E-state index in [0.717, 1.165) is 29.8 Å². The van der Waals surface area contributed by atoms with Gasteiger partial charge < -0.3 is 20.7 Å². The van der Waals surface area contributed by atoms with Gasteiger partial charge in [-0.2, -0.15) is 0 Å². The van der Waals surface area contributed by atoms with E-state index < -0.39 is 0 Å². The predicted octanol–water partition coefficient (Wildman–Crippen LogP) is 3.14. The van der Waals surface area contributed by atoms with Gasteiger partial charge in [0.25, 0.3) is 0 Å². The molecule has 0 aliphatic rings. The summed E-state index contributed by atoms with van der Waals surface area (Å²) < 4.78 is 5.37. The minimum absolute atomic E-state index is 0. The third-order valence-corrected chi connectivity index (χ3v) is 4.01. The van der Waals surface area contributed by atoms with Crippen LogP contribution in [0.25, 0.3) is 0 Å². The van der Waals surface area contributed by atoms with Crippen LogP contribution in [0, 0.1) is 6.92 Å². The summed E-state index contributed by atoms with van der Waals surface area (Å²) in [4.78, 5) is 20.7. The van der Waals surface area contributed by atoms with Gasteiger partial charge in [0.2, 0.25) is 5.91 Å². The Hall–Kier alpha value is -2.36. The van der Waals surface area contributed by atoms with Crippen LogP contribution in [0.5, 0.6) is 5.75 Å². The van der Waals surface area contributed by atoms with Crippen molar-refractivity contribution < 1.29 is 9.53 Å². The number of pyridine rings is 1. The first-order valence-electron chi connectivity index (χ1n) is 9.49. The van der Waals surface area contributed by atoms with Crippen molar-refractivity contribution >= 4 is 41.7 Å². The molecule has 0 saturated carbocycles. The van der Waals surface area contributed by atoms with Gasteiger partial charge in [0.15, 0.2) is 5.96 Å². The molecule has 0 fully saturated rings. The molecule has 0 radical (unpaired) electrons. The number of aliphatic imine (C=N–C) groups is 1. The number of carbonyl (C=O) groups is 1. The fraction of sp³-hybridized carbons (Fsp3) is 0.381. The maximum Gasteiger partial charge on any atom is 0.227 e. The third kappa shape index (κ3) is 9.12. The van der Waals surface area contributed by atoms with Crippen LogP contribution < -0.4 is 20.7 Å². The number of nitrogens with zero attached hydrogens (tertiary/aromatic N) is 2. The van der Waals surface area contributed by atoms with Crippen molar-refractivity contribution in [3.05, 3.63) is 53.7 Å². The molecule has 0 saturated heterocycles. The third-order valence-electron chi connectivity index (χ3n) is 4.01. The Morgan fingerprint density at radius 2 is 1.97 bits per heavy atom. The number of nitrogens with one attached hydrogen (secondary N) is 3. The number of benzene rings is 1. The smallest absolute Gasteiger partial charge is 0.227 e. The number of halogens is 1. The quantitative estimate of drug-likeness (QED) is 0.274. The number of carbonyl (C=O) groups excluding carboxylic acids is 1. The zero-order valence-corrected chi connectivity index (χ0v) is 19.5. The monoisotopic (exact) mass is 511 g/mol. The van der Waals surface area contributed by atoms with Gasteiger partial charge in [-0.3, -0.25) is 9.79 Å². The molecule has 0 aliphatic heterocycles. The minimum Gasteiger partial charge on any atom is -0.496 e. The molecule has 29 heavy (non-hydrogen) atoms. The molecular formula is C21H30IN5O2. The molecule has 1 amide bonds. The number of para-hydroxylation sites is 1. The molecular weight excluding hydrogens is 481 g/mol. The van der Waals surface area contributed by atoms with E-state index in [-0.39, 0.29) is 29.9 Å². The van der Waals surface area contributed by atoms with Crippen LogP contribution in [-0.2, 0) is 11.2 Å². The van der Waals surface area contributed by atoms with Crippen molar-refractivity contribution in [3.63, 3.8) is 0 Å². The van der Waals surface area contributed by atoms with Crippen molar-refractivity contribution in [2.45, 2.75) is 26.7 Å². The maximum absolute atomic E-state index is 12.0. The largest absolute Gasteiger partial charge is 0.496 e. The van der Waals surface area contributed by atoms with Gasteiger partial charge in [0.05, 0.1) is 13.7 Å². The first-order valence-corrected chi connectivity index (χ1v) is 9.49. The Morgan fingerprint density at radius 3 is 2.66 bits per heavy atom. The van der Waals surface area contributed by atoms with E-state index in [1.54, 1.807) is 19.4 Å². The van der Waals surface area contributed by atoms with Crippen molar-refractivity contribution in [1.82, 2.24) is 15.6 Å². The van der Waals surface area contributed by atoms with Gasteiger partial charge in [-0.15, -0.1) is 24.0 Å². The summed E-state index contributed by atoms with van der Waals surface area (Å²) in [6, 6.07) is 11.7. The first kappa shape index (κ1) is 24.7. The standard InChI is InChI=1S/C21H29N5O2.HI/c1-4-22-21(23-13-11-17-7-5-6-8-18(17)28-3)24-14-12-20(27)26-19-10-9-16(2)15-25-19;/h5-10,15H,4,11-14H2,1-3H3,(H2,22,23,24)(H,25,26,27);1H. The lowest BCUT2D eigenvalue weighted by molar-refractivity contribution is -0.116. The molecule has 1 aromatic heterocycles. The van der Waals surface area contributed by atoms with Crippen LogP contribution in [0.3, 0.4) is 0 Å². The Balaban J connectivity index is 0.00000420. The van der Waals surface area contributed by atoms with E-state index in [2.05, 4.69) is 25.9 Å². The van der Waals surface area contributed by atoms with E-state index in [0.29, 0.717) is 31.3 Å². The first-order chi connectivity index (χ1) is 13.6. The predicted molar refractivity (Wildman–Crippen MR) is 128 cm³/mol. The Kier molecular flexibility index (Phi) is 11.7. The molecule has 2 aromatic rings. The van der Waals surface area contributed by atoms with Crippen molar-refractivity contribution in [3.8, 4) is 5.75 Å². The lowest BCUT2D eigenvalue weighted by Gasteiger charge is -2.12. The summed E-state index contributed by atoms with van der Waals surface area (Å²) >= 11 is 0. The summed E-state index contributed by atoms with van der Waals surface area (Å²) in [5, 5.41) is 9.26. The lowest BCUT2D eigenvalue weighted by atomic mass is 10.1. The van der Waals surface area contributed by atoms with Crippen LogP contribution in [-0.4, -0.2) is 43.6 Å². The number of aromatic nitrogens is 1. The van der Waals surface area contributed by atoms with Gasteiger partial charge in [-0.25, -0.2) is 4.98 Å². The average Bonchev–Trinajstić information content (AvgIpc) is 2.70. The SMILES string of the molecule is CCNC(=NCCC(=O)Nc1ccc(C)cn1)NCCc1ccccc1OC.I. The van der Waals surface area contributed by atoms with Crippen molar-refractivity contribution in [2.24, 2.45) is 4.99 Å². The highest BCUT2D eigenvalue weighted by Crippen LogP contribution is 2.17. The molecule has 158 valence electrons. The van der Waals surface area contributed by atoms with E-state index in [1.165, 1.54) is 0 Å². The summed E-state index contributed by atoms with van der Waals surface area (Å²) in [6.45, 7) is 5.82. The van der Waals surface area contributed by atoms with Crippen LogP contribution in [0.4, 0.5) is 5.82 Å². The molecule has 0 atom stereocenters. The zero-order valence-electron chi connectivity index (χ0n) is 17.2. The van der Waals surface area contributed by atoms with E-state index in [4.69, 9.17) is 4.74 Å². The van der Waals surface area contributed by atoms with Gasteiger partial charge in [0, 0.05) is 25.7 Å². The lowest BCUT2D eigenvalue weighted by Crippen LogP contribution is -2.38. The van der Waals surface area contributed by atoms with Crippen LogP contribution in [0.2, 0.25) is 0 Å². The number of aryl methyl sites for hydroxylation is 1. The van der Waals surface area contributed by atoms with Crippen molar-refractivity contribution in [2.75, 3.05) is 32.1 Å². The number of methoxy groups -OCH3 is 1.